The van der Waals surface area contributed by atoms with Crippen molar-refractivity contribution in [3.63, 3.8) is 0 Å². The number of carbonyl (C=O) groups is 1. The minimum absolute atomic E-state index is 0.320. The molecule has 0 unspecified atom stereocenters. The van der Waals surface area contributed by atoms with E-state index in [1.165, 1.54) is 0 Å². The third-order valence-electron chi connectivity index (χ3n) is 2.59. The number of benzene rings is 1. The van der Waals surface area contributed by atoms with Crippen LogP contribution in [0.1, 0.15) is 18.2 Å². The molecular weight excluding hydrogens is 214 g/mol. The van der Waals surface area contributed by atoms with Crippen molar-refractivity contribution >= 4 is 22.9 Å². The first-order valence-corrected chi connectivity index (χ1v) is 5.36. The number of pyridine rings is 1. The Morgan fingerprint density at radius 2 is 2.06 bits per heavy atom. The second kappa shape index (κ2) is 4.37. The van der Waals surface area contributed by atoms with Crippen LogP contribution < -0.4 is 0 Å². The molecule has 0 bridgehead atoms. The quantitative estimate of drug-likeness (QED) is 0.802. The summed E-state index contributed by atoms with van der Waals surface area (Å²) in [7, 11) is 0. The van der Waals surface area contributed by atoms with Crippen LogP contribution in [0, 0.1) is 6.92 Å². The second-order valence-corrected chi connectivity index (χ2v) is 4.00. The smallest absolute Gasteiger partial charge is 0.331 e. The van der Waals surface area contributed by atoms with Gasteiger partial charge in [0.2, 0.25) is 0 Å². The molecule has 0 saturated heterocycles. The summed E-state index contributed by atoms with van der Waals surface area (Å²) in [5.41, 5.74) is 2.99. The van der Waals surface area contributed by atoms with Crippen LogP contribution in [-0.2, 0) is 4.79 Å². The number of carboxylic acids is 1. The summed E-state index contributed by atoms with van der Waals surface area (Å²) in [6.07, 6.45) is 1.68. The Morgan fingerprint density at radius 1 is 1.35 bits per heavy atom. The minimum Gasteiger partial charge on any atom is -0.478 e. The van der Waals surface area contributed by atoms with Crippen LogP contribution >= 0.6 is 0 Å². The summed E-state index contributed by atoms with van der Waals surface area (Å²) in [6.45, 7) is 3.49. The van der Waals surface area contributed by atoms with E-state index in [-0.39, 0.29) is 0 Å². The molecule has 0 amide bonds. The maximum Gasteiger partial charge on any atom is 0.331 e. The number of hydrogen-bond acceptors (Lipinski definition) is 2. The molecule has 0 spiro atoms. The highest BCUT2D eigenvalue weighted by Gasteiger charge is 2.04. The molecule has 0 aliphatic carbocycles. The second-order valence-electron chi connectivity index (χ2n) is 4.00. The highest BCUT2D eigenvalue weighted by atomic mass is 16.4. The molecule has 0 aliphatic heterocycles. The highest BCUT2D eigenvalue weighted by molar-refractivity contribution is 5.96. The van der Waals surface area contributed by atoms with Crippen LogP contribution in [0.5, 0.6) is 0 Å². The molecule has 17 heavy (non-hydrogen) atoms. The molecule has 86 valence electrons. The van der Waals surface area contributed by atoms with Gasteiger partial charge in [0.05, 0.1) is 5.52 Å². The van der Waals surface area contributed by atoms with Gasteiger partial charge in [-0.05, 0) is 37.6 Å². The molecule has 0 atom stereocenters. The van der Waals surface area contributed by atoms with Crippen LogP contribution in [0.3, 0.4) is 0 Å². The van der Waals surface area contributed by atoms with Gasteiger partial charge in [-0.1, -0.05) is 18.2 Å². The monoisotopic (exact) mass is 227 g/mol. The largest absolute Gasteiger partial charge is 0.478 e. The van der Waals surface area contributed by atoms with Crippen molar-refractivity contribution in [1.29, 1.82) is 0 Å². The first-order valence-electron chi connectivity index (χ1n) is 5.36. The summed E-state index contributed by atoms with van der Waals surface area (Å²) in [6, 6.07) is 9.62. The highest BCUT2D eigenvalue weighted by Crippen LogP contribution is 2.20. The van der Waals surface area contributed by atoms with Gasteiger partial charge in [-0.25, -0.2) is 4.79 Å². The summed E-state index contributed by atoms with van der Waals surface area (Å²) in [4.78, 5) is 15.3. The molecule has 0 saturated carbocycles. The normalized spacial score (nSPS) is 11.8. The Labute approximate surface area is 99.4 Å². The summed E-state index contributed by atoms with van der Waals surface area (Å²) < 4.78 is 0. The lowest BCUT2D eigenvalue weighted by Crippen LogP contribution is -1.96. The molecule has 3 nitrogen and oxygen atoms in total. The van der Waals surface area contributed by atoms with E-state index in [0.29, 0.717) is 5.57 Å². The van der Waals surface area contributed by atoms with E-state index in [2.05, 4.69) is 4.98 Å². The summed E-state index contributed by atoms with van der Waals surface area (Å²) in [5.74, 6) is -0.899. The number of rotatable bonds is 2. The number of fused-ring (bicyclic) bond motifs is 1. The van der Waals surface area contributed by atoms with E-state index < -0.39 is 5.97 Å². The molecule has 2 aromatic rings. The number of aryl methyl sites for hydroxylation is 1. The van der Waals surface area contributed by atoms with Crippen molar-refractivity contribution in [1.82, 2.24) is 4.98 Å². The Morgan fingerprint density at radius 3 is 2.76 bits per heavy atom. The van der Waals surface area contributed by atoms with Crippen molar-refractivity contribution in [2.45, 2.75) is 13.8 Å². The summed E-state index contributed by atoms with van der Waals surface area (Å²) >= 11 is 0. The van der Waals surface area contributed by atoms with Gasteiger partial charge in [0.1, 0.15) is 0 Å². The predicted molar refractivity (Wildman–Crippen MR) is 67.8 cm³/mol. The van der Waals surface area contributed by atoms with Crippen molar-refractivity contribution in [2.24, 2.45) is 0 Å². The van der Waals surface area contributed by atoms with Crippen LogP contribution in [-0.4, -0.2) is 16.1 Å². The number of nitrogens with zero attached hydrogens (tertiary/aromatic N) is 1. The molecule has 1 aromatic heterocycles. The van der Waals surface area contributed by atoms with Gasteiger partial charge in [0.15, 0.2) is 0 Å². The van der Waals surface area contributed by atoms with Crippen LogP contribution in [0.25, 0.3) is 17.0 Å². The van der Waals surface area contributed by atoms with E-state index >= 15 is 0 Å². The fraction of sp³-hybridized carbons (Fsp3) is 0.143. The number of para-hydroxylation sites is 1. The first kappa shape index (κ1) is 11.3. The lowest BCUT2D eigenvalue weighted by Gasteiger charge is -2.04. The van der Waals surface area contributed by atoms with Crippen molar-refractivity contribution in [3.05, 3.63) is 47.2 Å². The van der Waals surface area contributed by atoms with Crippen molar-refractivity contribution in [2.75, 3.05) is 0 Å². The lowest BCUT2D eigenvalue weighted by atomic mass is 10.1. The molecule has 0 aliphatic rings. The Bertz CT molecular complexity index is 615. The van der Waals surface area contributed by atoms with Gasteiger partial charge < -0.3 is 5.11 Å². The fourth-order valence-corrected chi connectivity index (χ4v) is 1.75. The molecule has 0 radical (unpaired) electrons. The van der Waals surface area contributed by atoms with Gasteiger partial charge in [-0.2, -0.15) is 0 Å². The van der Waals surface area contributed by atoms with E-state index in [1.807, 2.05) is 37.3 Å². The van der Waals surface area contributed by atoms with Gasteiger partial charge in [-0.15, -0.1) is 0 Å². The number of aliphatic carboxylic acids is 1. The number of hydrogen-bond donors (Lipinski definition) is 1. The van der Waals surface area contributed by atoms with Gasteiger partial charge in [0, 0.05) is 16.7 Å². The maximum absolute atomic E-state index is 10.8. The van der Waals surface area contributed by atoms with Crippen LogP contribution in [0.4, 0.5) is 0 Å². The zero-order valence-corrected chi connectivity index (χ0v) is 9.77. The molecule has 1 heterocycles. The molecule has 0 fully saturated rings. The Balaban J connectivity index is 2.68. The fourth-order valence-electron chi connectivity index (χ4n) is 1.75. The molecule has 1 aromatic carbocycles. The van der Waals surface area contributed by atoms with Crippen LogP contribution in [0.2, 0.25) is 0 Å². The van der Waals surface area contributed by atoms with E-state index in [4.69, 9.17) is 5.11 Å². The van der Waals surface area contributed by atoms with Gasteiger partial charge in [0.25, 0.3) is 0 Å². The van der Waals surface area contributed by atoms with E-state index in [0.717, 1.165) is 22.2 Å². The third kappa shape index (κ3) is 2.33. The van der Waals surface area contributed by atoms with Crippen molar-refractivity contribution in [3.8, 4) is 0 Å². The van der Waals surface area contributed by atoms with Gasteiger partial charge >= 0.3 is 5.97 Å². The van der Waals surface area contributed by atoms with Crippen LogP contribution in [0.15, 0.2) is 35.9 Å². The third-order valence-corrected chi connectivity index (χ3v) is 2.59. The van der Waals surface area contributed by atoms with E-state index in [1.54, 1.807) is 13.0 Å². The summed E-state index contributed by atoms with van der Waals surface area (Å²) in [5, 5.41) is 9.87. The molecule has 1 N–H and O–H groups in total. The van der Waals surface area contributed by atoms with E-state index in [9.17, 15) is 4.79 Å². The molecule has 3 heteroatoms. The molecule has 2 rings (SSSR count). The predicted octanol–water partition coefficient (Wildman–Crippen LogP) is 3.03. The average Bonchev–Trinajstić information content (AvgIpc) is 2.28. The van der Waals surface area contributed by atoms with Crippen molar-refractivity contribution < 1.29 is 9.90 Å². The number of aromatic nitrogens is 1. The minimum atomic E-state index is -0.899. The van der Waals surface area contributed by atoms with Gasteiger partial charge in [-0.3, -0.25) is 4.98 Å². The standard InChI is InChI=1S/C14H13NO2/c1-9(14(16)17)7-11-8-10(2)15-13-6-4-3-5-12(11)13/h3-8H,1-2H3,(H,16,17). The SMILES string of the molecule is CC(=Cc1cc(C)nc2ccccc12)C(=O)O. The zero-order chi connectivity index (χ0) is 12.4. The first-order chi connectivity index (χ1) is 8.08. The average molecular weight is 227 g/mol. The maximum atomic E-state index is 10.8. The topological polar surface area (TPSA) is 50.2 Å². The lowest BCUT2D eigenvalue weighted by molar-refractivity contribution is -0.132. The zero-order valence-electron chi connectivity index (χ0n) is 9.77. The Hall–Kier alpha value is -2.16. The molecular formula is C14H13NO2. The Kier molecular flexibility index (Phi) is 2.91. The number of carboxylic acid groups (broad SMARTS) is 1.